The maximum absolute atomic E-state index is 12.2. The summed E-state index contributed by atoms with van der Waals surface area (Å²) in [7, 11) is 0. The number of ether oxygens (including phenoxy) is 2. The maximum atomic E-state index is 12.2. The molecular formula is C20H30N2O3. The van der Waals surface area contributed by atoms with E-state index >= 15 is 0 Å². The molecule has 1 aromatic carbocycles. The first kappa shape index (κ1) is 17.9. The van der Waals surface area contributed by atoms with Crippen molar-refractivity contribution in [1.82, 2.24) is 4.90 Å². The average molecular weight is 346 g/mol. The molecule has 2 aliphatic rings. The van der Waals surface area contributed by atoms with Gasteiger partial charge in [-0.3, -0.25) is 0 Å². The number of hydrogen-bond donors (Lipinski definition) is 0. The Kier molecular flexibility index (Phi) is 5.40. The molecule has 1 unspecified atom stereocenters. The van der Waals surface area contributed by atoms with Crippen LogP contribution in [0.3, 0.4) is 0 Å². The molecule has 0 aliphatic carbocycles. The Morgan fingerprint density at radius 2 is 1.80 bits per heavy atom. The predicted octanol–water partition coefficient (Wildman–Crippen LogP) is 4.07. The SMILES string of the molecule is CC(C)(C)OC(=O)N1CCC(Oc2ccccc2N2CCCCC2)C1. The van der Waals surface area contributed by atoms with E-state index in [2.05, 4.69) is 17.0 Å². The van der Waals surface area contributed by atoms with E-state index in [0.29, 0.717) is 13.1 Å². The second-order valence-electron chi connectivity index (χ2n) is 7.97. The van der Waals surface area contributed by atoms with Crippen LogP contribution in [0, 0.1) is 0 Å². The zero-order valence-electron chi connectivity index (χ0n) is 15.7. The Morgan fingerprint density at radius 3 is 2.52 bits per heavy atom. The summed E-state index contributed by atoms with van der Waals surface area (Å²) in [4.78, 5) is 16.4. The second kappa shape index (κ2) is 7.54. The van der Waals surface area contributed by atoms with Gasteiger partial charge in [-0.1, -0.05) is 12.1 Å². The number of likely N-dealkylation sites (tertiary alicyclic amines) is 1. The van der Waals surface area contributed by atoms with E-state index in [-0.39, 0.29) is 12.2 Å². The normalized spacial score (nSPS) is 21.3. The van der Waals surface area contributed by atoms with Crippen LogP contribution in [-0.4, -0.2) is 48.9 Å². The van der Waals surface area contributed by atoms with Gasteiger partial charge in [0.2, 0.25) is 0 Å². The third-order valence-electron chi connectivity index (χ3n) is 4.65. The van der Waals surface area contributed by atoms with E-state index in [0.717, 1.165) is 25.3 Å². The predicted molar refractivity (Wildman–Crippen MR) is 99.3 cm³/mol. The Balaban J connectivity index is 1.61. The lowest BCUT2D eigenvalue weighted by molar-refractivity contribution is 0.0276. The zero-order valence-corrected chi connectivity index (χ0v) is 15.7. The summed E-state index contributed by atoms with van der Waals surface area (Å²) >= 11 is 0. The summed E-state index contributed by atoms with van der Waals surface area (Å²) in [5, 5.41) is 0. The Bertz CT molecular complexity index is 591. The monoisotopic (exact) mass is 346 g/mol. The van der Waals surface area contributed by atoms with Crippen LogP contribution in [0.4, 0.5) is 10.5 Å². The van der Waals surface area contributed by atoms with Crippen molar-refractivity contribution in [1.29, 1.82) is 0 Å². The largest absolute Gasteiger partial charge is 0.486 e. The van der Waals surface area contributed by atoms with Gasteiger partial charge in [-0.15, -0.1) is 0 Å². The molecule has 3 rings (SSSR count). The Morgan fingerprint density at radius 1 is 1.08 bits per heavy atom. The van der Waals surface area contributed by atoms with Crippen LogP contribution in [0.1, 0.15) is 46.5 Å². The van der Waals surface area contributed by atoms with Crippen molar-refractivity contribution in [2.24, 2.45) is 0 Å². The average Bonchev–Trinajstić information content (AvgIpc) is 3.03. The van der Waals surface area contributed by atoms with Crippen molar-refractivity contribution in [3.05, 3.63) is 24.3 Å². The molecule has 25 heavy (non-hydrogen) atoms. The maximum Gasteiger partial charge on any atom is 0.410 e. The van der Waals surface area contributed by atoms with E-state index in [4.69, 9.17) is 9.47 Å². The van der Waals surface area contributed by atoms with Gasteiger partial charge in [0, 0.05) is 26.1 Å². The van der Waals surface area contributed by atoms with E-state index in [1.165, 1.54) is 24.9 Å². The molecule has 5 heteroatoms. The van der Waals surface area contributed by atoms with Crippen LogP contribution in [0.25, 0.3) is 0 Å². The molecule has 0 spiro atoms. The summed E-state index contributed by atoms with van der Waals surface area (Å²) in [5.74, 6) is 0.931. The molecule has 1 amide bonds. The lowest BCUT2D eigenvalue weighted by Crippen LogP contribution is -2.36. The highest BCUT2D eigenvalue weighted by molar-refractivity contribution is 5.68. The summed E-state index contributed by atoms with van der Waals surface area (Å²) in [6, 6.07) is 8.27. The van der Waals surface area contributed by atoms with Crippen molar-refractivity contribution in [2.45, 2.75) is 58.2 Å². The summed E-state index contributed by atoms with van der Waals surface area (Å²) in [5.41, 5.74) is 0.717. The smallest absolute Gasteiger partial charge is 0.410 e. The number of nitrogens with zero attached hydrogens (tertiary/aromatic N) is 2. The molecule has 1 aromatic rings. The number of hydrogen-bond acceptors (Lipinski definition) is 4. The van der Waals surface area contributed by atoms with Crippen LogP contribution in [-0.2, 0) is 4.74 Å². The molecule has 138 valence electrons. The minimum atomic E-state index is -0.461. The van der Waals surface area contributed by atoms with Gasteiger partial charge in [-0.25, -0.2) is 4.79 Å². The minimum Gasteiger partial charge on any atom is -0.486 e. The van der Waals surface area contributed by atoms with Crippen molar-refractivity contribution in [3.8, 4) is 5.75 Å². The summed E-state index contributed by atoms with van der Waals surface area (Å²) < 4.78 is 11.7. The number of para-hydroxylation sites is 2. The fourth-order valence-electron chi connectivity index (χ4n) is 3.45. The number of carbonyl (C=O) groups excluding carboxylic acids is 1. The molecule has 0 saturated carbocycles. The number of carbonyl (C=O) groups is 1. The first-order valence-electron chi connectivity index (χ1n) is 9.41. The number of amides is 1. The van der Waals surface area contributed by atoms with Gasteiger partial charge in [-0.2, -0.15) is 0 Å². The van der Waals surface area contributed by atoms with E-state index in [9.17, 15) is 4.79 Å². The van der Waals surface area contributed by atoms with Gasteiger partial charge >= 0.3 is 6.09 Å². The zero-order chi connectivity index (χ0) is 17.9. The number of piperidine rings is 1. The van der Waals surface area contributed by atoms with Crippen LogP contribution >= 0.6 is 0 Å². The highest BCUT2D eigenvalue weighted by Crippen LogP contribution is 2.32. The highest BCUT2D eigenvalue weighted by Gasteiger charge is 2.31. The van der Waals surface area contributed by atoms with Crippen molar-refractivity contribution in [2.75, 3.05) is 31.1 Å². The van der Waals surface area contributed by atoms with Crippen LogP contribution in [0.2, 0.25) is 0 Å². The Labute approximate surface area is 150 Å². The van der Waals surface area contributed by atoms with E-state index in [1.807, 2.05) is 32.9 Å². The van der Waals surface area contributed by atoms with Crippen LogP contribution < -0.4 is 9.64 Å². The highest BCUT2D eigenvalue weighted by atomic mass is 16.6. The molecule has 0 N–H and O–H groups in total. The molecule has 2 aliphatic heterocycles. The first-order valence-corrected chi connectivity index (χ1v) is 9.41. The number of anilines is 1. The van der Waals surface area contributed by atoms with Crippen molar-refractivity contribution >= 4 is 11.8 Å². The first-order chi connectivity index (χ1) is 11.9. The molecule has 5 nitrogen and oxygen atoms in total. The lowest BCUT2D eigenvalue weighted by Gasteiger charge is -2.31. The molecule has 0 radical (unpaired) electrons. The third-order valence-corrected chi connectivity index (χ3v) is 4.65. The summed E-state index contributed by atoms with van der Waals surface area (Å²) in [6.07, 6.45) is 4.41. The molecule has 0 bridgehead atoms. The number of benzene rings is 1. The van der Waals surface area contributed by atoms with Gasteiger partial charge in [0.1, 0.15) is 17.5 Å². The molecule has 0 aromatic heterocycles. The van der Waals surface area contributed by atoms with Gasteiger partial charge in [0.05, 0.1) is 12.2 Å². The second-order valence-corrected chi connectivity index (χ2v) is 7.97. The standard InChI is InChI=1S/C20H30N2O3/c1-20(2,3)25-19(23)22-14-11-16(15-22)24-18-10-6-5-9-17(18)21-12-7-4-8-13-21/h5-6,9-10,16H,4,7-8,11-15H2,1-3H3. The number of rotatable bonds is 3. The van der Waals surface area contributed by atoms with Crippen LogP contribution in [0.5, 0.6) is 5.75 Å². The van der Waals surface area contributed by atoms with E-state index < -0.39 is 5.60 Å². The quantitative estimate of drug-likeness (QED) is 0.827. The molecule has 1 atom stereocenters. The van der Waals surface area contributed by atoms with Gasteiger partial charge in [0.25, 0.3) is 0 Å². The molecule has 2 fully saturated rings. The molecule has 2 saturated heterocycles. The summed E-state index contributed by atoms with van der Waals surface area (Å²) in [6.45, 7) is 9.14. The molecular weight excluding hydrogens is 316 g/mol. The fourth-order valence-corrected chi connectivity index (χ4v) is 3.45. The van der Waals surface area contributed by atoms with E-state index in [1.54, 1.807) is 4.90 Å². The topological polar surface area (TPSA) is 42.0 Å². The third kappa shape index (κ3) is 4.80. The van der Waals surface area contributed by atoms with Gasteiger partial charge in [-0.05, 0) is 52.2 Å². The Hall–Kier alpha value is -1.91. The van der Waals surface area contributed by atoms with Crippen LogP contribution in [0.15, 0.2) is 24.3 Å². The minimum absolute atomic E-state index is 0.0264. The van der Waals surface area contributed by atoms with Crippen molar-refractivity contribution < 1.29 is 14.3 Å². The van der Waals surface area contributed by atoms with Gasteiger partial charge in [0.15, 0.2) is 0 Å². The molecule has 2 heterocycles. The fraction of sp³-hybridized carbons (Fsp3) is 0.650. The van der Waals surface area contributed by atoms with Crippen molar-refractivity contribution in [3.63, 3.8) is 0 Å². The van der Waals surface area contributed by atoms with Gasteiger partial charge < -0.3 is 19.3 Å². The lowest BCUT2D eigenvalue weighted by atomic mass is 10.1.